The zero-order chi connectivity index (χ0) is 21.8. The second-order valence-corrected chi connectivity index (χ2v) is 6.50. The van der Waals surface area contributed by atoms with Gasteiger partial charge in [-0.1, -0.05) is 42.5 Å². The molecule has 2 aromatic carbocycles. The van der Waals surface area contributed by atoms with Crippen LogP contribution in [0.1, 0.15) is 39.3 Å². The van der Waals surface area contributed by atoms with Crippen molar-refractivity contribution in [2.24, 2.45) is 0 Å². The molecular weight excluding hydrogens is 390 g/mol. The Kier molecular flexibility index (Phi) is 5.91. The van der Waals surface area contributed by atoms with E-state index in [1.807, 2.05) is 0 Å². The van der Waals surface area contributed by atoms with Crippen LogP contribution in [-0.2, 0) is 14.3 Å². The molecule has 0 bridgehead atoms. The average Bonchev–Trinajstić information content (AvgIpc) is 3.02. The Hall–Kier alpha value is -4.01. The average molecular weight is 409 g/mol. The van der Waals surface area contributed by atoms with Gasteiger partial charge in [-0.3, -0.25) is 24.6 Å². The summed E-state index contributed by atoms with van der Waals surface area (Å²) >= 11 is 0. The van der Waals surface area contributed by atoms with Crippen molar-refractivity contribution >= 4 is 29.7 Å². The molecule has 9 heteroatoms. The lowest BCUT2D eigenvalue weighted by Crippen LogP contribution is -2.46. The number of rotatable bonds is 5. The van der Waals surface area contributed by atoms with Gasteiger partial charge in [0.15, 0.2) is 0 Å². The summed E-state index contributed by atoms with van der Waals surface area (Å²) in [5, 5.41) is 4.30. The molecule has 2 N–H and O–H groups in total. The Balaban J connectivity index is 1.82. The fraction of sp³-hybridized carbons (Fsp3) is 0.190. The van der Waals surface area contributed by atoms with E-state index in [9.17, 15) is 24.0 Å². The Bertz CT molecular complexity index is 985. The smallest absolute Gasteiger partial charge is 0.330 e. The predicted molar refractivity (Wildman–Crippen MR) is 104 cm³/mol. The highest BCUT2D eigenvalue weighted by molar-refractivity contribution is 6.22. The van der Waals surface area contributed by atoms with Crippen molar-refractivity contribution in [3.8, 4) is 0 Å². The maximum absolute atomic E-state index is 12.8. The molecule has 0 spiro atoms. The summed E-state index contributed by atoms with van der Waals surface area (Å²) in [5.41, 5.74) is 0.708. The first-order chi connectivity index (χ1) is 14.3. The number of esters is 1. The zero-order valence-electron chi connectivity index (χ0n) is 16.2. The molecular formula is C21H19N3O6. The van der Waals surface area contributed by atoms with E-state index < -0.39 is 41.9 Å². The van der Waals surface area contributed by atoms with Gasteiger partial charge >= 0.3 is 12.0 Å². The Morgan fingerprint density at radius 2 is 1.43 bits per heavy atom. The SMILES string of the molecule is CNC(=O)NC(=O)[C@H](OC(=O)[C@@H](C)N1C(=O)c2ccccc2C1=O)c1ccccc1. The number of imide groups is 2. The summed E-state index contributed by atoms with van der Waals surface area (Å²) in [6, 6.07) is 12.3. The molecule has 2 atom stereocenters. The third-order valence-electron chi connectivity index (χ3n) is 4.59. The van der Waals surface area contributed by atoms with Crippen LogP contribution in [0, 0.1) is 0 Å². The number of fused-ring (bicyclic) bond motifs is 1. The fourth-order valence-electron chi connectivity index (χ4n) is 3.02. The highest BCUT2D eigenvalue weighted by Crippen LogP contribution is 2.26. The molecule has 0 saturated carbocycles. The Morgan fingerprint density at radius 1 is 0.900 bits per heavy atom. The van der Waals surface area contributed by atoms with Crippen molar-refractivity contribution in [1.29, 1.82) is 0 Å². The molecule has 0 saturated heterocycles. The number of amides is 5. The lowest BCUT2D eigenvalue weighted by atomic mass is 10.1. The van der Waals surface area contributed by atoms with Crippen molar-refractivity contribution in [1.82, 2.24) is 15.5 Å². The minimum atomic E-state index is -1.45. The molecule has 154 valence electrons. The standard InChI is InChI=1S/C21H19N3O6/c1-12(24-18(26)14-10-6-7-11-15(14)19(24)27)20(28)30-16(13-8-4-3-5-9-13)17(25)23-21(29)22-2/h3-12,16H,1-2H3,(H2,22,23,25,29)/t12-,16-/m1/s1. The van der Waals surface area contributed by atoms with E-state index in [-0.39, 0.29) is 11.1 Å². The maximum atomic E-state index is 12.8. The van der Waals surface area contributed by atoms with Crippen LogP contribution in [0.4, 0.5) is 4.79 Å². The molecule has 1 heterocycles. The summed E-state index contributed by atoms with van der Waals surface area (Å²) < 4.78 is 5.34. The van der Waals surface area contributed by atoms with Crippen LogP contribution < -0.4 is 10.6 Å². The van der Waals surface area contributed by atoms with Gasteiger partial charge in [-0.15, -0.1) is 0 Å². The zero-order valence-corrected chi connectivity index (χ0v) is 16.2. The number of hydrogen-bond acceptors (Lipinski definition) is 6. The molecule has 0 aromatic heterocycles. The molecule has 1 aliphatic rings. The third kappa shape index (κ3) is 3.90. The molecule has 1 aliphatic heterocycles. The Labute approximate surface area is 172 Å². The first kappa shape index (κ1) is 20.7. The van der Waals surface area contributed by atoms with Crippen LogP contribution in [0.5, 0.6) is 0 Å². The van der Waals surface area contributed by atoms with Crippen LogP contribution in [0.2, 0.25) is 0 Å². The largest absolute Gasteiger partial charge is 0.446 e. The molecule has 9 nitrogen and oxygen atoms in total. The van der Waals surface area contributed by atoms with Gasteiger partial charge in [0.2, 0.25) is 6.10 Å². The number of carbonyl (C=O) groups is 5. The fourth-order valence-corrected chi connectivity index (χ4v) is 3.02. The van der Waals surface area contributed by atoms with E-state index in [2.05, 4.69) is 10.6 Å². The monoisotopic (exact) mass is 409 g/mol. The van der Waals surface area contributed by atoms with Gasteiger partial charge < -0.3 is 10.1 Å². The van der Waals surface area contributed by atoms with Gasteiger partial charge in [0, 0.05) is 12.6 Å². The molecule has 30 heavy (non-hydrogen) atoms. The number of ether oxygens (including phenoxy) is 1. The highest BCUT2D eigenvalue weighted by Gasteiger charge is 2.42. The third-order valence-corrected chi connectivity index (χ3v) is 4.59. The molecule has 2 aromatic rings. The van der Waals surface area contributed by atoms with Crippen LogP contribution in [0.15, 0.2) is 54.6 Å². The number of urea groups is 1. The van der Waals surface area contributed by atoms with Crippen LogP contribution in [0.25, 0.3) is 0 Å². The normalized spacial score (nSPS) is 14.5. The van der Waals surface area contributed by atoms with Crippen molar-refractivity contribution < 1.29 is 28.7 Å². The van der Waals surface area contributed by atoms with Gasteiger partial charge in [-0.05, 0) is 19.1 Å². The summed E-state index contributed by atoms with van der Waals surface area (Å²) in [6.07, 6.45) is -1.45. The minimum Gasteiger partial charge on any atom is -0.446 e. The minimum absolute atomic E-state index is 0.194. The molecule has 3 rings (SSSR count). The number of nitrogens with zero attached hydrogens (tertiary/aromatic N) is 1. The first-order valence-corrected chi connectivity index (χ1v) is 9.10. The first-order valence-electron chi connectivity index (χ1n) is 9.10. The molecule has 5 amide bonds. The maximum Gasteiger partial charge on any atom is 0.330 e. The van der Waals surface area contributed by atoms with Crippen molar-refractivity contribution in [2.45, 2.75) is 19.1 Å². The summed E-state index contributed by atoms with van der Waals surface area (Å²) in [5.74, 6) is -3.08. The number of hydrogen-bond donors (Lipinski definition) is 2. The summed E-state index contributed by atoms with van der Waals surface area (Å²) in [6.45, 7) is 1.34. The predicted octanol–water partition coefficient (Wildman–Crippen LogP) is 1.41. The Morgan fingerprint density at radius 3 is 1.97 bits per heavy atom. The van der Waals surface area contributed by atoms with E-state index in [0.29, 0.717) is 5.56 Å². The number of benzene rings is 2. The van der Waals surface area contributed by atoms with Crippen molar-refractivity contribution in [3.63, 3.8) is 0 Å². The van der Waals surface area contributed by atoms with Crippen LogP contribution in [0.3, 0.4) is 0 Å². The lowest BCUT2D eigenvalue weighted by Gasteiger charge is -2.24. The highest BCUT2D eigenvalue weighted by atomic mass is 16.5. The van der Waals surface area contributed by atoms with E-state index in [4.69, 9.17) is 4.74 Å². The summed E-state index contributed by atoms with van der Waals surface area (Å²) in [7, 11) is 1.33. The number of carbonyl (C=O) groups excluding carboxylic acids is 5. The molecule has 0 aliphatic carbocycles. The van der Waals surface area contributed by atoms with Gasteiger partial charge in [-0.2, -0.15) is 0 Å². The van der Waals surface area contributed by atoms with Gasteiger partial charge in [0.25, 0.3) is 17.7 Å². The lowest BCUT2D eigenvalue weighted by molar-refractivity contribution is -0.159. The molecule has 0 radical (unpaired) electrons. The molecule has 0 fully saturated rings. The van der Waals surface area contributed by atoms with Crippen molar-refractivity contribution in [2.75, 3.05) is 7.05 Å². The van der Waals surface area contributed by atoms with Gasteiger partial charge in [-0.25, -0.2) is 9.59 Å². The van der Waals surface area contributed by atoms with E-state index in [1.165, 1.54) is 26.1 Å². The van der Waals surface area contributed by atoms with Crippen LogP contribution >= 0.6 is 0 Å². The second kappa shape index (κ2) is 8.56. The van der Waals surface area contributed by atoms with Crippen molar-refractivity contribution in [3.05, 3.63) is 71.3 Å². The number of nitrogens with one attached hydrogen (secondary N) is 2. The van der Waals surface area contributed by atoms with Crippen LogP contribution in [-0.4, -0.2) is 47.7 Å². The van der Waals surface area contributed by atoms with Gasteiger partial charge in [0.1, 0.15) is 6.04 Å². The topological polar surface area (TPSA) is 122 Å². The second-order valence-electron chi connectivity index (χ2n) is 6.50. The quantitative estimate of drug-likeness (QED) is 0.569. The van der Waals surface area contributed by atoms with E-state index in [1.54, 1.807) is 42.5 Å². The summed E-state index contributed by atoms with van der Waals surface area (Å²) in [4.78, 5) is 62.8. The molecule has 0 unspecified atom stereocenters. The van der Waals surface area contributed by atoms with Gasteiger partial charge in [0.05, 0.1) is 11.1 Å². The van der Waals surface area contributed by atoms with E-state index >= 15 is 0 Å². The van der Waals surface area contributed by atoms with E-state index in [0.717, 1.165) is 4.90 Å².